The van der Waals surface area contributed by atoms with Crippen LogP contribution in [0.2, 0.25) is 0 Å². The lowest BCUT2D eigenvalue weighted by Crippen LogP contribution is -2.38. The Kier molecular flexibility index (Phi) is 4.78. The van der Waals surface area contributed by atoms with Gasteiger partial charge in [-0.1, -0.05) is 6.07 Å². The zero-order chi connectivity index (χ0) is 20.7. The maximum Gasteiger partial charge on any atom is 0.236 e. The minimum atomic E-state index is -3.36. The Bertz CT molecular complexity index is 1180. The highest BCUT2D eigenvalue weighted by molar-refractivity contribution is 7.92. The summed E-state index contributed by atoms with van der Waals surface area (Å²) in [5.74, 6) is 1.07. The Hall–Kier alpha value is -2.79. The van der Waals surface area contributed by atoms with Gasteiger partial charge in [-0.3, -0.25) is 8.71 Å². The van der Waals surface area contributed by atoms with E-state index in [4.69, 9.17) is 0 Å². The van der Waals surface area contributed by atoms with Crippen molar-refractivity contribution in [2.75, 3.05) is 35.0 Å². The molecule has 9 nitrogen and oxygen atoms in total. The normalized spacial score (nSPS) is 23.7. The molecule has 0 amide bonds. The summed E-state index contributed by atoms with van der Waals surface area (Å²) in [6.07, 6.45) is 5.41. The molecule has 5 rings (SSSR count). The quantitative estimate of drug-likeness (QED) is 0.644. The van der Waals surface area contributed by atoms with E-state index in [-0.39, 0.29) is 11.8 Å². The second-order valence-corrected chi connectivity index (χ2v) is 9.56. The van der Waals surface area contributed by atoms with E-state index in [9.17, 15) is 12.8 Å². The van der Waals surface area contributed by atoms with Crippen LogP contribution in [0, 0.1) is 0 Å². The number of fused-ring (bicyclic) bond motifs is 1. The lowest BCUT2D eigenvalue weighted by Gasteiger charge is -2.27. The Morgan fingerprint density at radius 2 is 2.07 bits per heavy atom. The molecule has 0 saturated carbocycles. The SMILES string of the molecule is O=S1(=O)CCCCN1c1cn2c(-c3cccc(NC4CNCC4F)n3)cnc2cn1. The minimum absolute atomic E-state index is 0.129. The molecular formula is C19H22FN7O2S. The third-order valence-electron chi connectivity index (χ3n) is 5.47. The fraction of sp³-hybridized carbons (Fsp3) is 0.421. The van der Waals surface area contributed by atoms with Gasteiger partial charge >= 0.3 is 0 Å². The van der Waals surface area contributed by atoms with Gasteiger partial charge in [0.25, 0.3) is 0 Å². The first-order valence-corrected chi connectivity index (χ1v) is 11.5. The first-order valence-electron chi connectivity index (χ1n) is 9.93. The van der Waals surface area contributed by atoms with Gasteiger partial charge in [-0.25, -0.2) is 27.8 Å². The lowest BCUT2D eigenvalue weighted by atomic mass is 10.2. The Morgan fingerprint density at radius 1 is 1.17 bits per heavy atom. The number of aromatic nitrogens is 4. The molecule has 0 spiro atoms. The minimum Gasteiger partial charge on any atom is -0.363 e. The predicted molar refractivity (Wildman–Crippen MR) is 112 cm³/mol. The molecule has 0 radical (unpaired) electrons. The maximum atomic E-state index is 13.9. The number of nitrogens with one attached hydrogen (secondary N) is 2. The number of imidazole rings is 1. The van der Waals surface area contributed by atoms with Crippen molar-refractivity contribution in [2.45, 2.75) is 25.1 Å². The van der Waals surface area contributed by atoms with Crippen molar-refractivity contribution in [2.24, 2.45) is 0 Å². The van der Waals surface area contributed by atoms with Gasteiger partial charge in [-0.15, -0.1) is 0 Å². The topological polar surface area (TPSA) is 105 Å². The number of sulfonamides is 1. The molecule has 3 aromatic heterocycles. The number of hydrogen-bond donors (Lipinski definition) is 2. The number of halogens is 1. The zero-order valence-corrected chi connectivity index (χ0v) is 17.0. The number of pyridine rings is 1. The standard InChI is InChI=1S/C19H22FN7O2S/c20-13-8-21-9-15(13)25-17-5-3-4-14(24-17)16-10-22-18-11-23-19(12-26(16)18)27-6-1-2-7-30(27,28)29/h3-5,10-13,15,21H,1-2,6-9H2,(H,24,25). The van der Waals surface area contributed by atoms with Gasteiger partial charge in [0.15, 0.2) is 11.5 Å². The molecule has 2 aliphatic rings. The van der Waals surface area contributed by atoms with Crippen LogP contribution in [0.5, 0.6) is 0 Å². The molecule has 2 saturated heterocycles. The van der Waals surface area contributed by atoms with Crippen LogP contribution in [-0.4, -0.2) is 65.4 Å². The number of rotatable bonds is 4. The highest BCUT2D eigenvalue weighted by atomic mass is 32.2. The van der Waals surface area contributed by atoms with Crippen molar-refractivity contribution in [3.63, 3.8) is 0 Å². The van der Waals surface area contributed by atoms with Crippen molar-refractivity contribution in [1.29, 1.82) is 0 Å². The molecule has 0 bridgehead atoms. The largest absolute Gasteiger partial charge is 0.363 e. The summed E-state index contributed by atoms with van der Waals surface area (Å²) < 4.78 is 42.0. The summed E-state index contributed by atoms with van der Waals surface area (Å²) in [5.41, 5.74) is 1.94. The molecule has 2 unspecified atom stereocenters. The van der Waals surface area contributed by atoms with E-state index >= 15 is 0 Å². The van der Waals surface area contributed by atoms with Crippen LogP contribution in [0.1, 0.15) is 12.8 Å². The highest BCUT2D eigenvalue weighted by Crippen LogP contribution is 2.25. The molecular weight excluding hydrogens is 409 g/mol. The molecule has 30 heavy (non-hydrogen) atoms. The van der Waals surface area contributed by atoms with Crippen LogP contribution in [0.4, 0.5) is 16.0 Å². The van der Waals surface area contributed by atoms with E-state index in [1.165, 1.54) is 4.31 Å². The maximum absolute atomic E-state index is 13.9. The molecule has 5 heterocycles. The molecule has 2 aliphatic heterocycles. The molecule has 0 aliphatic carbocycles. The fourth-order valence-corrected chi connectivity index (χ4v) is 5.46. The van der Waals surface area contributed by atoms with Crippen LogP contribution in [0.3, 0.4) is 0 Å². The Labute approximate surface area is 173 Å². The predicted octanol–water partition coefficient (Wildman–Crippen LogP) is 1.44. The Balaban J connectivity index is 1.50. The van der Waals surface area contributed by atoms with E-state index in [0.717, 1.165) is 6.42 Å². The van der Waals surface area contributed by atoms with Crippen molar-refractivity contribution in [3.8, 4) is 11.4 Å². The lowest BCUT2D eigenvalue weighted by molar-refractivity contribution is 0.342. The fourth-order valence-electron chi connectivity index (χ4n) is 3.88. The third kappa shape index (κ3) is 3.47. The third-order valence-corrected chi connectivity index (χ3v) is 7.32. The van der Waals surface area contributed by atoms with Gasteiger partial charge in [0.05, 0.1) is 41.8 Å². The van der Waals surface area contributed by atoms with E-state index in [0.29, 0.717) is 54.7 Å². The summed E-state index contributed by atoms with van der Waals surface area (Å²) in [6.45, 7) is 1.30. The average Bonchev–Trinajstić information content (AvgIpc) is 3.33. The van der Waals surface area contributed by atoms with Crippen LogP contribution >= 0.6 is 0 Å². The van der Waals surface area contributed by atoms with Crippen molar-refractivity contribution in [1.82, 2.24) is 24.7 Å². The molecule has 2 fully saturated rings. The van der Waals surface area contributed by atoms with E-state index < -0.39 is 16.2 Å². The molecule has 3 aromatic rings. The highest BCUT2D eigenvalue weighted by Gasteiger charge is 2.28. The summed E-state index contributed by atoms with van der Waals surface area (Å²) in [6, 6.07) is 5.16. The van der Waals surface area contributed by atoms with Gasteiger partial charge in [0.2, 0.25) is 10.0 Å². The Morgan fingerprint density at radius 3 is 2.87 bits per heavy atom. The zero-order valence-electron chi connectivity index (χ0n) is 16.2. The van der Waals surface area contributed by atoms with E-state index in [2.05, 4.69) is 25.6 Å². The van der Waals surface area contributed by atoms with Crippen molar-refractivity contribution < 1.29 is 12.8 Å². The van der Waals surface area contributed by atoms with Gasteiger partial charge in [0, 0.05) is 19.6 Å². The second kappa shape index (κ2) is 7.47. The van der Waals surface area contributed by atoms with Gasteiger partial charge in [-0.2, -0.15) is 0 Å². The summed E-state index contributed by atoms with van der Waals surface area (Å²) >= 11 is 0. The number of alkyl halides is 1. The monoisotopic (exact) mass is 431 g/mol. The smallest absolute Gasteiger partial charge is 0.236 e. The molecule has 2 N–H and O–H groups in total. The van der Waals surface area contributed by atoms with Crippen molar-refractivity contribution >= 4 is 27.3 Å². The summed E-state index contributed by atoms with van der Waals surface area (Å²) in [4.78, 5) is 13.3. The number of anilines is 2. The number of hydrogen-bond acceptors (Lipinski definition) is 7. The van der Waals surface area contributed by atoms with Crippen LogP contribution in [0.25, 0.3) is 17.0 Å². The molecule has 158 valence electrons. The first kappa shape index (κ1) is 19.2. The molecule has 0 aromatic carbocycles. The first-order chi connectivity index (χ1) is 14.5. The van der Waals surface area contributed by atoms with E-state index in [1.807, 2.05) is 12.1 Å². The van der Waals surface area contributed by atoms with Crippen molar-refractivity contribution in [3.05, 3.63) is 36.8 Å². The van der Waals surface area contributed by atoms with Gasteiger partial charge in [0.1, 0.15) is 12.0 Å². The van der Waals surface area contributed by atoms with Gasteiger partial charge in [-0.05, 0) is 25.0 Å². The summed E-state index contributed by atoms with van der Waals surface area (Å²) in [5, 5.41) is 6.15. The van der Waals surface area contributed by atoms with Crippen LogP contribution < -0.4 is 14.9 Å². The number of nitrogens with zero attached hydrogens (tertiary/aromatic N) is 5. The summed E-state index contributed by atoms with van der Waals surface area (Å²) in [7, 11) is -3.36. The van der Waals surface area contributed by atoms with E-state index in [1.54, 1.807) is 29.1 Å². The average molecular weight is 431 g/mol. The van der Waals surface area contributed by atoms with Crippen LogP contribution in [0.15, 0.2) is 36.8 Å². The molecule has 11 heteroatoms. The van der Waals surface area contributed by atoms with Crippen LogP contribution in [-0.2, 0) is 10.0 Å². The molecule has 2 atom stereocenters. The second-order valence-electron chi connectivity index (χ2n) is 7.55. The van der Waals surface area contributed by atoms with Gasteiger partial charge < -0.3 is 10.6 Å².